The molecule has 0 bridgehead atoms. The monoisotopic (exact) mass is 553 g/mol. The highest BCUT2D eigenvalue weighted by atomic mass is 19.1. The zero-order valence-corrected chi connectivity index (χ0v) is 23.3. The summed E-state index contributed by atoms with van der Waals surface area (Å²) >= 11 is 0. The van der Waals surface area contributed by atoms with Gasteiger partial charge in [0.15, 0.2) is 11.6 Å². The summed E-state index contributed by atoms with van der Waals surface area (Å²) in [4.78, 5) is 29.8. The second-order valence-corrected chi connectivity index (χ2v) is 10.7. The number of methoxy groups -OCH3 is 1. The summed E-state index contributed by atoms with van der Waals surface area (Å²) in [6, 6.07) is 7.23. The van der Waals surface area contributed by atoms with E-state index < -0.39 is 35.8 Å². The number of ether oxygens (including phenoxy) is 2. The number of carboxylic acid groups (broad SMARTS) is 1. The topological polar surface area (TPSA) is 128 Å². The van der Waals surface area contributed by atoms with Crippen molar-refractivity contribution in [3.8, 4) is 5.75 Å². The van der Waals surface area contributed by atoms with E-state index >= 15 is 0 Å². The number of pyridine rings is 1. The molecule has 3 heterocycles. The predicted octanol–water partition coefficient (Wildman–Crippen LogP) is 4.29. The molecule has 214 valence electrons. The molecule has 3 N–H and O–H groups in total. The summed E-state index contributed by atoms with van der Waals surface area (Å²) in [5, 5.41) is 20.0. The van der Waals surface area contributed by atoms with Crippen LogP contribution >= 0.6 is 0 Å². The standard InChI is InChI=1S/C29H36FN5O5/c1-29(2,3)40-17-24-21(16-32-35(24)13-11-20-9-7-18-6-5-12-31-27(18)33-20)28(38)34-23(15-26(36)37)19-8-10-25(39-4)22(30)14-19/h7-10,14,16,23H,5-6,11-13,15,17H2,1-4H3,(H,31,33)(H,34,38)(H,36,37). The zero-order chi connectivity index (χ0) is 28.9. The number of carbonyl (C=O) groups is 2. The Balaban J connectivity index is 1.56. The van der Waals surface area contributed by atoms with Crippen LogP contribution in [0.5, 0.6) is 5.75 Å². The number of nitrogens with zero attached hydrogens (tertiary/aromatic N) is 3. The molecule has 1 amide bonds. The number of anilines is 1. The second kappa shape index (κ2) is 12.5. The van der Waals surface area contributed by atoms with Crippen LogP contribution < -0.4 is 15.4 Å². The van der Waals surface area contributed by atoms with E-state index in [1.807, 2.05) is 26.8 Å². The highest BCUT2D eigenvalue weighted by Gasteiger charge is 2.25. The minimum atomic E-state index is -1.14. The number of benzene rings is 1. The van der Waals surface area contributed by atoms with Gasteiger partial charge in [-0.3, -0.25) is 14.3 Å². The van der Waals surface area contributed by atoms with Gasteiger partial charge in [0, 0.05) is 25.2 Å². The molecule has 1 aliphatic heterocycles. The van der Waals surface area contributed by atoms with Crippen molar-refractivity contribution in [3.63, 3.8) is 0 Å². The SMILES string of the molecule is COc1ccc(C(CC(=O)O)NC(=O)c2cnn(CCc3ccc4c(n3)NCCC4)c2COC(C)(C)C)cc1F. The summed E-state index contributed by atoms with van der Waals surface area (Å²) in [5.74, 6) is -1.38. The third-order valence-electron chi connectivity index (χ3n) is 6.63. The van der Waals surface area contributed by atoms with Crippen LogP contribution in [-0.4, -0.2) is 51.0 Å². The van der Waals surface area contributed by atoms with E-state index in [0.29, 0.717) is 24.2 Å². The molecule has 1 unspecified atom stereocenters. The Bertz CT molecular complexity index is 1370. The third kappa shape index (κ3) is 7.35. The van der Waals surface area contributed by atoms with Crippen LogP contribution in [0, 0.1) is 5.82 Å². The van der Waals surface area contributed by atoms with E-state index in [9.17, 15) is 19.1 Å². The number of halogens is 1. The van der Waals surface area contributed by atoms with Gasteiger partial charge in [0.2, 0.25) is 0 Å². The number of hydrogen-bond acceptors (Lipinski definition) is 7. The fourth-order valence-electron chi connectivity index (χ4n) is 4.52. The molecule has 40 heavy (non-hydrogen) atoms. The lowest BCUT2D eigenvalue weighted by Crippen LogP contribution is -2.31. The van der Waals surface area contributed by atoms with Crippen molar-refractivity contribution in [2.75, 3.05) is 19.0 Å². The van der Waals surface area contributed by atoms with Gasteiger partial charge in [0.05, 0.1) is 49.2 Å². The first-order valence-electron chi connectivity index (χ1n) is 13.3. The Hall–Kier alpha value is -3.99. The highest BCUT2D eigenvalue weighted by molar-refractivity contribution is 5.95. The van der Waals surface area contributed by atoms with Crippen molar-refractivity contribution in [3.05, 3.63) is 70.4 Å². The van der Waals surface area contributed by atoms with Crippen molar-refractivity contribution < 1.29 is 28.6 Å². The Morgan fingerprint density at radius 2 is 2.05 bits per heavy atom. The lowest BCUT2D eigenvalue weighted by Gasteiger charge is -2.22. The van der Waals surface area contributed by atoms with Gasteiger partial charge >= 0.3 is 5.97 Å². The van der Waals surface area contributed by atoms with Crippen LogP contribution in [0.1, 0.15) is 72.5 Å². The van der Waals surface area contributed by atoms with Crippen LogP contribution in [0.2, 0.25) is 0 Å². The highest BCUT2D eigenvalue weighted by Crippen LogP contribution is 2.25. The molecule has 0 radical (unpaired) electrons. The minimum absolute atomic E-state index is 0.0243. The smallest absolute Gasteiger partial charge is 0.305 e. The van der Waals surface area contributed by atoms with Crippen molar-refractivity contribution in [1.29, 1.82) is 0 Å². The van der Waals surface area contributed by atoms with E-state index in [4.69, 9.17) is 14.5 Å². The number of aryl methyl sites for hydroxylation is 3. The lowest BCUT2D eigenvalue weighted by molar-refractivity contribution is -0.137. The fraction of sp³-hybridized carbons (Fsp3) is 0.448. The first-order valence-corrected chi connectivity index (χ1v) is 13.3. The number of carbonyl (C=O) groups excluding carboxylic acids is 1. The van der Waals surface area contributed by atoms with Gasteiger partial charge in [-0.25, -0.2) is 9.37 Å². The van der Waals surface area contributed by atoms with Gasteiger partial charge in [0.25, 0.3) is 5.91 Å². The number of aliphatic carboxylic acids is 1. The molecule has 0 saturated carbocycles. The summed E-state index contributed by atoms with van der Waals surface area (Å²) in [5.41, 5.74) is 2.76. The Kier molecular flexibility index (Phi) is 9.03. The molecule has 1 aliphatic rings. The molecule has 0 saturated heterocycles. The summed E-state index contributed by atoms with van der Waals surface area (Å²) in [6.45, 7) is 7.23. The van der Waals surface area contributed by atoms with Crippen LogP contribution in [-0.2, 0) is 35.5 Å². The second-order valence-electron chi connectivity index (χ2n) is 10.7. The maximum atomic E-state index is 14.4. The van der Waals surface area contributed by atoms with Crippen LogP contribution in [0.15, 0.2) is 36.5 Å². The van der Waals surface area contributed by atoms with Crippen LogP contribution in [0.25, 0.3) is 0 Å². The Morgan fingerprint density at radius 3 is 2.75 bits per heavy atom. The average Bonchev–Trinajstić information content (AvgIpc) is 3.32. The summed E-state index contributed by atoms with van der Waals surface area (Å²) in [6.07, 6.45) is 3.70. The van der Waals surface area contributed by atoms with Crippen molar-refractivity contribution in [2.45, 2.75) is 71.2 Å². The fourth-order valence-corrected chi connectivity index (χ4v) is 4.52. The first kappa shape index (κ1) is 29.0. The molecule has 0 fully saturated rings. The normalized spacial score (nSPS) is 13.7. The van der Waals surface area contributed by atoms with E-state index in [0.717, 1.165) is 30.9 Å². The summed E-state index contributed by atoms with van der Waals surface area (Å²) < 4.78 is 27.1. The average molecular weight is 554 g/mol. The maximum Gasteiger partial charge on any atom is 0.305 e. The van der Waals surface area contributed by atoms with E-state index in [1.54, 1.807) is 4.68 Å². The molecular formula is C29H36FN5O5. The van der Waals surface area contributed by atoms with Gasteiger partial charge in [-0.15, -0.1) is 0 Å². The largest absolute Gasteiger partial charge is 0.494 e. The first-order chi connectivity index (χ1) is 19.0. The number of aromatic nitrogens is 3. The molecule has 11 heteroatoms. The van der Waals surface area contributed by atoms with Crippen LogP contribution in [0.3, 0.4) is 0 Å². The molecule has 10 nitrogen and oxygen atoms in total. The molecule has 3 aromatic rings. The van der Waals surface area contributed by atoms with Crippen molar-refractivity contribution >= 4 is 17.7 Å². The van der Waals surface area contributed by atoms with Gasteiger partial charge in [-0.1, -0.05) is 12.1 Å². The number of nitrogens with one attached hydrogen (secondary N) is 2. The number of rotatable bonds is 11. The zero-order valence-electron chi connectivity index (χ0n) is 23.3. The summed E-state index contributed by atoms with van der Waals surface area (Å²) in [7, 11) is 1.34. The van der Waals surface area contributed by atoms with E-state index in [2.05, 4.69) is 21.8 Å². The van der Waals surface area contributed by atoms with Crippen molar-refractivity contribution in [1.82, 2.24) is 20.1 Å². The maximum absolute atomic E-state index is 14.4. The predicted molar refractivity (Wildman–Crippen MR) is 147 cm³/mol. The lowest BCUT2D eigenvalue weighted by atomic mass is 10.0. The Morgan fingerprint density at radius 1 is 1.25 bits per heavy atom. The van der Waals surface area contributed by atoms with E-state index in [1.165, 1.54) is 37.1 Å². The quantitative estimate of drug-likeness (QED) is 0.321. The van der Waals surface area contributed by atoms with Gasteiger partial charge < -0.3 is 25.2 Å². The van der Waals surface area contributed by atoms with Crippen molar-refractivity contribution in [2.24, 2.45) is 0 Å². The Labute approximate surface area is 232 Å². The number of carboxylic acids is 1. The number of amides is 1. The molecule has 2 aromatic heterocycles. The van der Waals surface area contributed by atoms with Gasteiger partial charge in [0.1, 0.15) is 5.82 Å². The molecule has 0 spiro atoms. The van der Waals surface area contributed by atoms with Gasteiger partial charge in [-0.05, 0) is 62.9 Å². The molecule has 1 aromatic carbocycles. The van der Waals surface area contributed by atoms with E-state index in [-0.39, 0.29) is 17.9 Å². The minimum Gasteiger partial charge on any atom is -0.494 e. The molecular weight excluding hydrogens is 517 g/mol. The molecule has 4 rings (SSSR count). The number of hydrogen-bond donors (Lipinski definition) is 3. The van der Waals surface area contributed by atoms with Gasteiger partial charge in [-0.2, -0.15) is 5.10 Å². The third-order valence-corrected chi connectivity index (χ3v) is 6.63. The number of fused-ring (bicyclic) bond motifs is 1. The van der Waals surface area contributed by atoms with Crippen LogP contribution in [0.4, 0.5) is 10.2 Å². The molecule has 0 aliphatic carbocycles. The molecule has 1 atom stereocenters.